The van der Waals surface area contributed by atoms with Crippen LogP contribution in [-0.4, -0.2) is 28.9 Å². The number of nitrogens with one attached hydrogen (secondary N) is 1. The number of aryl methyl sites for hydroxylation is 1. The minimum absolute atomic E-state index is 0.203. The molecule has 1 rings (SSSR count). The van der Waals surface area contributed by atoms with Crippen LogP contribution >= 0.6 is 15.9 Å². The Morgan fingerprint density at radius 2 is 2.33 bits per heavy atom. The number of rotatable bonds is 6. The van der Waals surface area contributed by atoms with E-state index in [0.29, 0.717) is 36.2 Å². The van der Waals surface area contributed by atoms with Gasteiger partial charge in [0.15, 0.2) is 0 Å². The van der Waals surface area contributed by atoms with Crippen molar-refractivity contribution in [3.05, 3.63) is 21.0 Å². The summed E-state index contributed by atoms with van der Waals surface area (Å²) in [4.78, 5) is 22.7. The Hall–Kier alpha value is -1.37. The molecule has 6 nitrogen and oxygen atoms in total. The number of hydrogen-bond acceptors (Lipinski definition) is 5. The third kappa shape index (κ3) is 4.14. The van der Waals surface area contributed by atoms with Crippen LogP contribution < -0.4 is 10.9 Å². The second-order valence-electron chi connectivity index (χ2n) is 3.64. The van der Waals surface area contributed by atoms with Crippen LogP contribution in [0.4, 0.5) is 5.69 Å². The number of esters is 1. The molecule has 0 aromatic carbocycles. The molecular formula is C11H16BrN3O3. The summed E-state index contributed by atoms with van der Waals surface area (Å²) in [6.45, 7) is 2.75. The lowest BCUT2D eigenvalue weighted by atomic mass is 10.3. The molecule has 0 radical (unpaired) electrons. The summed E-state index contributed by atoms with van der Waals surface area (Å²) in [5.74, 6) is -0.208. The van der Waals surface area contributed by atoms with E-state index >= 15 is 0 Å². The molecule has 0 unspecified atom stereocenters. The van der Waals surface area contributed by atoms with Gasteiger partial charge in [0.25, 0.3) is 5.56 Å². The molecule has 0 aliphatic rings. The van der Waals surface area contributed by atoms with Crippen molar-refractivity contribution in [2.75, 3.05) is 18.5 Å². The fraction of sp³-hybridized carbons (Fsp3) is 0.545. The lowest BCUT2D eigenvalue weighted by Gasteiger charge is -2.08. The summed E-state index contributed by atoms with van der Waals surface area (Å²) in [5.41, 5.74) is 0.423. The van der Waals surface area contributed by atoms with Crippen molar-refractivity contribution in [3.8, 4) is 0 Å². The van der Waals surface area contributed by atoms with Gasteiger partial charge in [0.05, 0.1) is 18.5 Å². The molecule has 0 fully saturated rings. The Balaban J connectivity index is 2.43. The first-order valence-corrected chi connectivity index (χ1v) is 6.46. The topological polar surface area (TPSA) is 73.2 Å². The van der Waals surface area contributed by atoms with Gasteiger partial charge in [0.1, 0.15) is 4.47 Å². The Morgan fingerprint density at radius 1 is 1.61 bits per heavy atom. The van der Waals surface area contributed by atoms with Crippen LogP contribution in [-0.2, 0) is 16.6 Å². The van der Waals surface area contributed by atoms with Crippen molar-refractivity contribution < 1.29 is 9.53 Å². The van der Waals surface area contributed by atoms with Gasteiger partial charge in [0.2, 0.25) is 0 Å². The number of halogens is 1. The first-order valence-electron chi connectivity index (χ1n) is 5.67. The van der Waals surface area contributed by atoms with Crippen molar-refractivity contribution in [1.82, 2.24) is 9.78 Å². The first kappa shape index (κ1) is 14.7. The highest BCUT2D eigenvalue weighted by Gasteiger charge is 2.06. The summed E-state index contributed by atoms with van der Waals surface area (Å²) in [7, 11) is 1.58. The molecule has 7 heteroatoms. The van der Waals surface area contributed by atoms with E-state index in [1.54, 1.807) is 20.2 Å². The minimum Gasteiger partial charge on any atom is -0.466 e. The van der Waals surface area contributed by atoms with Crippen LogP contribution in [0.5, 0.6) is 0 Å². The Labute approximate surface area is 113 Å². The molecular weight excluding hydrogens is 302 g/mol. The van der Waals surface area contributed by atoms with E-state index in [-0.39, 0.29) is 11.5 Å². The number of ether oxygens (including phenoxy) is 1. The third-order valence-corrected chi connectivity index (χ3v) is 3.02. The van der Waals surface area contributed by atoms with Gasteiger partial charge >= 0.3 is 5.97 Å². The van der Waals surface area contributed by atoms with Gasteiger partial charge < -0.3 is 10.1 Å². The summed E-state index contributed by atoms with van der Waals surface area (Å²) < 4.78 is 6.50. The van der Waals surface area contributed by atoms with Crippen LogP contribution in [0.15, 0.2) is 15.5 Å². The van der Waals surface area contributed by atoms with E-state index in [1.807, 2.05) is 0 Å². The molecule has 0 spiro atoms. The molecule has 1 aromatic heterocycles. The predicted octanol–water partition coefficient (Wildman–Crippen LogP) is 1.30. The van der Waals surface area contributed by atoms with Crippen molar-refractivity contribution in [2.45, 2.75) is 19.8 Å². The van der Waals surface area contributed by atoms with E-state index in [9.17, 15) is 9.59 Å². The van der Waals surface area contributed by atoms with Gasteiger partial charge in [-0.1, -0.05) is 0 Å². The van der Waals surface area contributed by atoms with Crippen LogP contribution in [0.3, 0.4) is 0 Å². The molecule has 0 aliphatic carbocycles. The van der Waals surface area contributed by atoms with Crippen LogP contribution in [0.25, 0.3) is 0 Å². The third-order valence-electron chi connectivity index (χ3n) is 2.26. The number of nitrogens with zero attached hydrogens (tertiary/aromatic N) is 2. The van der Waals surface area contributed by atoms with Crippen molar-refractivity contribution >= 4 is 27.6 Å². The average Bonchev–Trinajstić information content (AvgIpc) is 2.34. The van der Waals surface area contributed by atoms with E-state index in [0.717, 1.165) is 0 Å². The number of hydrogen-bond donors (Lipinski definition) is 1. The standard InChI is InChI=1S/C11H16BrN3O3/c1-3-18-9(16)5-4-6-13-8-7-14-15(2)11(17)10(8)12/h7,13H,3-6H2,1-2H3. The van der Waals surface area contributed by atoms with Crippen molar-refractivity contribution in [2.24, 2.45) is 7.05 Å². The summed E-state index contributed by atoms with van der Waals surface area (Å²) in [5, 5.41) is 6.95. The zero-order valence-electron chi connectivity index (χ0n) is 10.4. The molecule has 0 atom stereocenters. The number of anilines is 1. The largest absolute Gasteiger partial charge is 0.466 e. The fourth-order valence-electron chi connectivity index (χ4n) is 1.32. The molecule has 0 saturated carbocycles. The summed E-state index contributed by atoms with van der Waals surface area (Å²) in [6.07, 6.45) is 2.56. The zero-order chi connectivity index (χ0) is 13.5. The molecule has 1 aromatic rings. The molecule has 1 N–H and O–H groups in total. The number of carbonyl (C=O) groups excluding carboxylic acids is 1. The smallest absolute Gasteiger partial charge is 0.305 e. The summed E-state index contributed by atoms with van der Waals surface area (Å²) in [6, 6.07) is 0. The van der Waals surface area contributed by atoms with Gasteiger partial charge in [-0.15, -0.1) is 0 Å². The van der Waals surface area contributed by atoms with Crippen molar-refractivity contribution in [3.63, 3.8) is 0 Å². The zero-order valence-corrected chi connectivity index (χ0v) is 12.0. The van der Waals surface area contributed by atoms with Crippen LogP contribution in [0, 0.1) is 0 Å². The van der Waals surface area contributed by atoms with Crippen molar-refractivity contribution in [1.29, 1.82) is 0 Å². The number of aromatic nitrogens is 2. The van der Waals surface area contributed by atoms with Gasteiger partial charge in [0, 0.05) is 20.0 Å². The highest BCUT2D eigenvalue weighted by atomic mass is 79.9. The Bertz CT molecular complexity index is 473. The maximum Gasteiger partial charge on any atom is 0.305 e. The molecule has 0 saturated heterocycles. The average molecular weight is 318 g/mol. The molecule has 100 valence electrons. The van der Waals surface area contributed by atoms with Crippen LogP contribution in [0.2, 0.25) is 0 Å². The molecule has 0 bridgehead atoms. The normalized spacial score (nSPS) is 10.2. The lowest BCUT2D eigenvalue weighted by molar-refractivity contribution is -0.143. The maximum atomic E-state index is 11.6. The highest BCUT2D eigenvalue weighted by molar-refractivity contribution is 9.10. The molecule has 1 heterocycles. The summed E-state index contributed by atoms with van der Waals surface area (Å²) >= 11 is 3.21. The lowest BCUT2D eigenvalue weighted by Crippen LogP contribution is -2.21. The maximum absolute atomic E-state index is 11.6. The Kier molecular flexibility index (Phi) is 5.84. The quantitative estimate of drug-likeness (QED) is 0.632. The van der Waals surface area contributed by atoms with Gasteiger partial charge in [-0.05, 0) is 29.3 Å². The van der Waals surface area contributed by atoms with Gasteiger partial charge in [-0.25, -0.2) is 4.68 Å². The van der Waals surface area contributed by atoms with Crippen LogP contribution in [0.1, 0.15) is 19.8 Å². The number of carbonyl (C=O) groups is 1. The van der Waals surface area contributed by atoms with Gasteiger partial charge in [-0.3, -0.25) is 9.59 Å². The second-order valence-corrected chi connectivity index (χ2v) is 4.43. The van der Waals surface area contributed by atoms with E-state index < -0.39 is 0 Å². The van der Waals surface area contributed by atoms with E-state index in [4.69, 9.17) is 4.74 Å². The first-order chi connectivity index (χ1) is 8.56. The minimum atomic E-state index is -0.208. The predicted molar refractivity (Wildman–Crippen MR) is 71.5 cm³/mol. The second kappa shape index (κ2) is 7.15. The molecule has 0 aliphatic heterocycles. The SMILES string of the molecule is CCOC(=O)CCCNc1cnn(C)c(=O)c1Br. The highest BCUT2D eigenvalue weighted by Crippen LogP contribution is 2.15. The van der Waals surface area contributed by atoms with Gasteiger partial charge in [-0.2, -0.15) is 5.10 Å². The Morgan fingerprint density at radius 3 is 3.00 bits per heavy atom. The monoisotopic (exact) mass is 317 g/mol. The molecule has 0 amide bonds. The van der Waals surface area contributed by atoms with E-state index in [1.165, 1.54) is 4.68 Å². The fourth-order valence-corrected chi connectivity index (χ4v) is 1.82. The molecule has 18 heavy (non-hydrogen) atoms. The van der Waals surface area contributed by atoms with E-state index in [2.05, 4.69) is 26.3 Å².